The first-order chi connectivity index (χ1) is 7.16. The highest BCUT2D eigenvalue weighted by Crippen LogP contribution is 2.21. The Morgan fingerprint density at radius 1 is 1.67 bits per heavy atom. The predicted octanol–water partition coefficient (Wildman–Crippen LogP) is 1.24. The molecule has 1 saturated heterocycles. The summed E-state index contributed by atoms with van der Waals surface area (Å²) in [5, 5.41) is 12.2. The molecular weight excluding hydrogens is 220 g/mol. The van der Waals surface area contributed by atoms with Crippen LogP contribution in [0.1, 0.15) is 10.4 Å². The van der Waals surface area contributed by atoms with Crippen molar-refractivity contribution in [2.45, 2.75) is 6.04 Å². The van der Waals surface area contributed by atoms with Gasteiger partial charge in [-0.1, -0.05) is 11.6 Å². The Balaban J connectivity index is 2.24. The van der Waals surface area contributed by atoms with Gasteiger partial charge in [0.2, 0.25) is 0 Å². The summed E-state index contributed by atoms with van der Waals surface area (Å²) >= 11 is 5.69. The number of hydrogen-bond acceptors (Lipinski definition) is 4. The summed E-state index contributed by atoms with van der Waals surface area (Å²) in [5.41, 5.74) is 0.599. The van der Waals surface area contributed by atoms with Crippen molar-refractivity contribution in [3.63, 3.8) is 0 Å². The standard InChI is InChI=1S/C9H9ClN2O3/c10-8-1-7(12-5-3-15-4-5)6(2-11-8)9(13)14/h1-2,5H,3-4H2,(H,11,12)(H,13,14). The molecule has 2 heterocycles. The van der Waals surface area contributed by atoms with Crippen molar-refractivity contribution in [2.75, 3.05) is 18.5 Å². The molecular formula is C9H9ClN2O3. The third-order valence-electron chi connectivity index (χ3n) is 2.10. The Bertz CT molecular complexity index is 393. The van der Waals surface area contributed by atoms with Gasteiger partial charge in [-0.25, -0.2) is 9.78 Å². The Labute approximate surface area is 91.0 Å². The van der Waals surface area contributed by atoms with Crippen molar-refractivity contribution in [3.8, 4) is 0 Å². The molecule has 0 amide bonds. The second kappa shape index (κ2) is 4.04. The number of carboxylic acids is 1. The number of anilines is 1. The molecule has 2 N–H and O–H groups in total. The molecule has 6 heteroatoms. The van der Waals surface area contributed by atoms with Crippen molar-refractivity contribution in [2.24, 2.45) is 0 Å². The molecule has 0 unspecified atom stereocenters. The number of aromatic carboxylic acids is 1. The zero-order valence-corrected chi connectivity index (χ0v) is 8.49. The maximum atomic E-state index is 10.9. The Hall–Kier alpha value is -1.33. The van der Waals surface area contributed by atoms with Crippen molar-refractivity contribution >= 4 is 23.3 Å². The molecule has 1 aliphatic heterocycles. The number of halogens is 1. The molecule has 1 aliphatic rings. The molecule has 0 saturated carbocycles. The third kappa shape index (κ3) is 2.19. The van der Waals surface area contributed by atoms with Gasteiger partial charge in [0.1, 0.15) is 10.7 Å². The van der Waals surface area contributed by atoms with Gasteiger partial charge in [0.05, 0.1) is 24.9 Å². The van der Waals surface area contributed by atoms with Crippen molar-refractivity contribution < 1.29 is 14.6 Å². The normalized spacial score (nSPS) is 15.8. The molecule has 15 heavy (non-hydrogen) atoms. The van der Waals surface area contributed by atoms with E-state index in [0.29, 0.717) is 18.9 Å². The number of pyridine rings is 1. The van der Waals surface area contributed by atoms with Gasteiger partial charge >= 0.3 is 5.97 Å². The van der Waals surface area contributed by atoms with Crippen LogP contribution in [-0.4, -0.2) is 35.3 Å². The monoisotopic (exact) mass is 228 g/mol. The molecule has 2 rings (SSSR count). The van der Waals surface area contributed by atoms with E-state index in [2.05, 4.69) is 10.3 Å². The molecule has 80 valence electrons. The average Bonchev–Trinajstić information content (AvgIpc) is 2.11. The molecule has 0 radical (unpaired) electrons. The molecule has 0 aliphatic carbocycles. The molecule has 0 spiro atoms. The zero-order valence-electron chi connectivity index (χ0n) is 7.74. The van der Waals surface area contributed by atoms with Gasteiger partial charge in [-0.05, 0) is 6.07 Å². The summed E-state index contributed by atoms with van der Waals surface area (Å²) in [4.78, 5) is 14.6. The fourth-order valence-electron chi connectivity index (χ4n) is 1.26. The van der Waals surface area contributed by atoms with Gasteiger partial charge in [0.25, 0.3) is 0 Å². The molecule has 1 aromatic rings. The van der Waals surface area contributed by atoms with Crippen molar-refractivity contribution in [1.82, 2.24) is 4.98 Å². The second-order valence-electron chi connectivity index (χ2n) is 3.24. The van der Waals surface area contributed by atoms with E-state index >= 15 is 0 Å². The van der Waals surface area contributed by atoms with E-state index in [1.54, 1.807) is 0 Å². The van der Waals surface area contributed by atoms with Crippen LogP contribution in [0.3, 0.4) is 0 Å². The molecule has 1 fully saturated rings. The van der Waals surface area contributed by atoms with Crippen LogP contribution in [0, 0.1) is 0 Å². The number of carbonyl (C=O) groups is 1. The van der Waals surface area contributed by atoms with Crippen LogP contribution in [0.5, 0.6) is 0 Å². The van der Waals surface area contributed by atoms with Crippen LogP contribution in [0.15, 0.2) is 12.3 Å². The summed E-state index contributed by atoms with van der Waals surface area (Å²) in [6, 6.07) is 1.66. The van der Waals surface area contributed by atoms with Gasteiger partial charge in [-0.15, -0.1) is 0 Å². The lowest BCUT2D eigenvalue weighted by atomic mass is 10.2. The minimum Gasteiger partial charge on any atom is -0.478 e. The minimum atomic E-state index is -1.03. The number of nitrogens with zero attached hydrogens (tertiary/aromatic N) is 1. The second-order valence-corrected chi connectivity index (χ2v) is 3.62. The van der Waals surface area contributed by atoms with Gasteiger partial charge in [0.15, 0.2) is 0 Å². The highest BCUT2D eigenvalue weighted by molar-refractivity contribution is 6.29. The van der Waals surface area contributed by atoms with Crippen LogP contribution in [0.25, 0.3) is 0 Å². The van der Waals surface area contributed by atoms with Gasteiger partial charge in [0, 0.05) is 6.20 Å². The quantitative estimate of drug-likeness (QED) is 0.762. The van der Waals surface area contributed by atoms with Crippen LogP contribution in [0.4, 0.5) is 5.69 Å². The van der Waals surface area contributed by atoms with E-state index in [1.165, 1.54) is 12.3 Å². The summed E-state index contributed by atoms with van der Waals surface area (Å²) in [6.45, 7) is 1.16. The summed E-state index contributed by atoms with van der Waals surface area (Å²) in [6.07, 6.45) is 1.24. The number of nitrogens with one attached hydrogen (secondary N) is 1. The molecule has 0 bridgehead atoms. The molecule has 1 aromatic heterocycles. The van der Waals surface area contributed by atoms with E-state index < -0.39 is 5.97 Å². The van der Waals surface area contributed by atoms with Crippen LogP contribution in [-0.2, 0) is 4.74 Å². The Kier molecular flexibility index (Phi) is 2.75. The van der Waals surface area contributed by atoms with E-state index in [4.69, 9.17) is 21.4 Å². The Morgan fingerprint density at radius 2 is 2.40 bits per heavy atom. The van der Waals surface area contributed by atoms with Crippen LogP contribution < -0.4 is 5.32 Å². The number of carboxylic acid groups (broad SMARTS) is 1. The average molecular weight is 229 g/mol. The van der Waals surface area contributed by atoms with Crippen molar-refractivity contribution in [1.29, 1.82) is 0 Å². The van der Waals surface area contributed by atoms with Gasteiger partial charge < -0.3 is 15.2 Å². The van der Waals surface area contributed by atoms with Gasteiger partial charge in [-0.2, -0.15) is 0 Å². The lowest BCUT2D eigenvalue weighted by molar-refractivity contribution is 0.0210. The smallest absolute Gasteiger partial charge is 0.339 e. The van der Waals surface area contributed by atoms with Crippen molar-refractivity contribution in [3.05, 3.63) is 23.0 Å². The van der Waals surface area contributed by atoms with E-state index in [-0.39, 0.29) is 16.8 Å². The largest absolute Gasteiger partial charge is 0.478 e. The maximum absolute atomic E-state index is 10.9. The topological polar surface area (TPSA) is 71.5 Å². The Morgan fingerprint density at radius 3 is 2.93 bits per heavy atom. The van der Waals surface area contributed by atoms with E-state index in [1.807, 2.05) is 0 Å². The summed E-state index contributed by atoms with van der Waals surface area (Å²) in [7, 11) is 0. The number of rotatable bonds is 3. The number of hydrogen-bond donors (Lipinski definition) is 2. The first-order valence-corrected chi connectivity index (χ1v) is 4.78. The molecule has 0 atom stereocenters. The maximum Gasteiger partial charge on any atom is 0.339 e. The third-order valence-corrected chi connectivity index (χ3v) is 2.31. The summed E-state index contributed by atoms with van der Waals surface area (Å²) < 4.78 is 4.98. The summed E-state index contributed by atoms with van der Waals surface area (Å²) in [5.74, 6) is -1.03. The van der Waals surface area contributed by atoms with E-state index in [9.17, 15) is 4.79 Å². The highest BCUT2D eigenvalue weighted by Gasteiger charge is 2.21. The predicted molar refractivity (Wildman–Crippen MR) is 54.4 cm³/mol. The van der Waals surface area contributed by atoms with E-state index in [0.717, 1.165) is 0 Å². The molecule has 0 aromatic carbocycles. The van der Waals surface area contributed by atoms with Crippen LogP contribution >= 0.6 is 11.6 Å². The lowest BCUT2D eigenvalue weighted by Crippen LogP contribution is -2.40. The zero-order chi connectivity index (χ0) is 10.8. The minimum absolute atomic E-state index is 0.117. The molecule has 5 nitrogen and oxygen atoms in total. The lowest BCUT2D eigenvalue weighted by Gasteiger charge is -2.28. The first kappa shape index (κ1) is 10.2. The number of aromatic nitrogens is 1. The fourth-order valence-corrected chi connectivity index (χ4v) is 1.42. The number of ether oxygens (including phenoxy) is 1. The fraction of sp³-hybridized carbons (Fsp3) is 0.333. The van der Waals surface area contributed by atoms with Crippen LogP contribution in [0.2, 0.25) is 5.15 Å². The van der Waals surface area contributed by atoms with Gasteiger partial charge in [-0.3, -0.25) is 0 Å². The first-order valence-electron chi connectivity index (χ1n) is 4.40. The SMILES string of the molecule is O=C(O)c1cnc(Cl)cc1NC1COC1. The highest BCUT2D eigenvalue weighted by atomic mass is 35.5.